The highest BCUT2D eigenvalue weighted by molar-refractivity contribution is 7.98. The number of aryl methyl sites for hydroxylation is 2. The number of thioether (sulfide) groups is 1. The zero-order valence-electron chi connectivity index (χ0n) is 16.6. The van der Waals surface area contributed by atoms with Crippen molar-refractivity contribution in [2.75, 3.05) is 12.1 Å². The van der Waals surface area contributed by atoms with Crippen LogP contribution in [0.5, 0.6) is 11.5 Å². The molecule has 0 aliphatic carbocycles. The molecule has 1 aliphatic rings. The predicted octanol–water partition coefficient (Wildman–Crippen LogP) is 4.11. The Kier molecular flexibility index (Phi) is 5.21. The van der Waals surface area contributed by atoms with Crippen molar-refractivity contribution in [3.05, 3.63) is 53.7 Å². The summed E-state index contributed by atoms with van der Waals surface area (Å²) in [6.07, 6.45) is 0.559. The summed E-state index contributed by atoms with van der Waals surface area (Å²) in [5.74, 6) is 2.51. The van der Waals surface area contributed by atoms with E-state index in [0.717, 1.165) is 16.7 Å². The molecule has 1 N–H and O–H groups in total. The van der Waals surface area contributed by atoms with Crippen molar-refractivity contribution in [2.45, 2.75) is 30.7 Å². The fourth-order valence-corrected chi connectivity index (χ4v) is 3.75. The zero-order valence-corrected chi connectivity index (χ0v) is 17.4. The van der Waals surface area contributed by atoms with Gasteiger partial charge in [0.1, 0.15) is 5.52 Å². The largest absolute Gasteiger partial charge is 0.454 e. The number of amides is 1. The van der Waals surface area contributed by atoms with Gasteiger partial charge in [-0.3, -0.25) is 4.79 Å². The van der Waals surface area contributed by atoms with E-state index in [1.165, 1.54) is 11.8 Å². The number of aromatic nitrogens is 3. The van der Waals surface area contributed by atoms with Crippen molar-refractivity contribution in [3.63, 3.8) is 0 Å². The highest BCUT2D eigenvalue weighted by Crippen LogP contribution is 2.34. The first-order valence-electron chi connectivity index (χ1n) is 9.63. The molecular formula is C21H18N4O5S. The Bertz CT molecular complexity index is 1250. The molecule has 0 radical (unpaired) electrons. The van der Waals surface area contributed by atoms with Crippen LogP contribution >= 0.6 is 11.8 Å². The van der Waals surface area contributed by atoms with Gasteiger partial charge >= 0.3 is 0 Å². The van der Waals surface area contributed by atoms with E-state index >= 15 is 0 Å². The molecule has 1 aliphatic heterocycles. The number of carbonyl (C=O) groups is 1. The number of rotatable bonds is 7. The molecule has 5 rings (SSSR count). The summed E-state index contributed by atoms with van der Waals surface area (Å²) in [5.41, 5.74) is 3.34. The topological polar surface area (TPSA) is 113 Å². The highest BCUT2D eigenvalue weighted by atomic mass is 32.2. The van der Waals surface area contributed by atoms with Gasteiger partial charge in [0.05, 0.1) is 5.75 Å². The number of hydrogen-bond acceptors (Lipinski definition) is 9. The average Bonchev–Trinajstić information content (AvgIpc) is 3.49. The first-order valence-corrected chi connectivity index (χ1v) is 10.6. The van der Waals surface area contributed by atoms with Crippen LogP contribution in [0.15, 0.2) is 50.6 Å². The maximum Gasteiger partial charge on any atom is 0.257 e. The first kappa shape index (κ1) is 19.4. The van der Waals surface area contributed by atoms with Crippen LogP contribution in [0.25, 0.3) is 11.1 Å². The van der Waals surface area contributed by atoms with Crippen LogP contribution in [0.4, 0.5) is 5.69 Å². The van der Waals surface area contributed by atoms with Crippen LogP contribution in [0.1, 0.15) is 23.7 Å². The smallest absolute Gasteiger partial charge is 0.257 e. The standard InChI is InChI=1S/C21H18N4O5S/c1-12-2-4-15-14(8-12)23-21(29-15)31-10-18-24-20(30-25-18)7-6-19(26)22-13-3-5-16-17(9-13)28-11-27-16/h2-5,8-9H,6-7,10-11H2,1H3,(H,22,26). The van der Waals surface area contributed by atoms with Crippen LogP contribution in [-0.2, 0) is 17.0 Å². The quantitative estimate of drug-likeness (QED) is 0.426. The molecule has 0 fully saturated rings. The predicted molar refractivity (Wildman–Crippen MR) is 112 cm³/mol. The number of carbonyl (C=O) groups excluding carboxylic acids is 1. The Balaban J connectivity index is 1.12. The third-order valence-corrected chi connectivity index (χ3v) is 5.40. The van der Waals surface area contributed by atoms with Gasteiger partial charge in [-0.15, -0.1) is 0 Å². The minimum atomic E-state index is -0.158. The minimum Gasteiger partial charge on any atom is -0.454 e. The molecule has 10 heteroatoms. The average molecular weight is 438 g/mol. The second-order valence-electron chi connectivity index (χ2n) is 6.96. The van der Waals surface area contributed by atoms with Crippen molar-refractivity contribution >= 4 is 34.5 Å². The van der Waals surface area contributed by atoms with Gasteiger partial charge in [0.15, 0.2) is 22.9 Å². The Morgan fingerprint density at radius 3 is 2.97 bits per heavy atom. The van der Waals surface area contributed by atoms with Gasteiger partial charge in [-0.1, -0.05) is 23.0 Å². The molecular weight excluding hydrogens is 420 g/mol. The maximum absolute atomic E-state index is 12.2. The summed E-state index contributed by atoms with van der Waals surface area (Å²) in [6, 6.07) is 11.1. The second-order valence-corrected chi connectivity index (χ2v) is 7.89. The summed E-state index contributed by atoms with van der Waals surface area (Å²) in [5, 5.41) is 7.34. The normalized spacial score (nSPS) is 12.4. The number of nitrogens with zero attached hydrogens (tertiary/aromatic N) is 3. The van der Waals surface area contributed by atoms with Crippen molar-refractivity contribution in [3.8, 4) is 11.5 Å². The van der Waals surface area contributed by atoms with E-state index in [0.29, 0.717) is 46.3 Å². The molecule has 3 heterocycles. The molecule has 1 amide bonds. The molecule has 9 nitrogen and oxygen atoms in total. The van der Waals surface area contributed by atoms with Gasteiger partial charge in [0, 0.05) is 24.6 Å². The molecule has 0 bridgehead atoms. The van der Waals surface area contributed by atoms with Gasteiger partial charge in [-0.2, -0.15) is 4.98 Å². The summed E-state index contributed by atoms with van der Waals surface area (Å²) < 4.78 is 21.5. The lowest BCUT2D eigenvalue weighted by atomic mass is 10.2. The van der Waals surface area contributed by atoms with Crippen LogP contribution in [0, 0.1) is 6.92 Å². The fraction of sp³-hybridized carbons (Fsp3) is 0.238. The SMILES string of the molecule is Cc1ccc2oc(SCc3noc(CCC(=O)Nc4ccc5c(c4)OCO5)n3)nc2c1. The van der Waals surface area contributed by atoms with E-state index in [4.69, 9.17) is 18.4 Å². The Morgan fingerprint density at radius 2 is 2.03 bits per heavy atom. The monoisotopic (exact) mass is 438 g/mol. The molecule has 0 spiro atoms. The van der Waals surface area contributed by atoms with Crippen LogP contribution in [-0.4, -0.2) is 27.8 Å². The number of hydrogen-bond donors (Lipinski definition) is 1. The molecule has 0 saturated carbocycles. The van der Waals surface area contributed by atoms with Gasteiger partial charge in [0.25, 0.3) is 5.22 Å². The molecule has 2 aromatic carbocycles. The first-order chi connectivity index (χ1) is 15.1. The maximum atomic E-state index is 12.2. The third-order valence-electron chi connectivity index (χ3n) is 4.58. The van der Waals surface area contributed by atoms with Crippen LogP contribution in [0.2, 0.25) is 0 Å². The zero-order chi connectivity index (χ0) is 21.2. The molecule has 4 aromatic rings. The van der Waals surface area contributed by atoms with Gasteiger partial charge in [-0.25, -0.2) is 4.98 Å². The summed E-state index contributed by atoms with van der Waals surface area (Å²) in [4.78, 5) is 21.0. The van der Waals surface area contributed by atoms with Crippen molar-refractivity contribution in [1.29, 1.82) is 0 Å². The molecule has 0 unspecified atom stereocenters. The Hall–Kier alpha value is -3.53. The number of benzene rings is 2. The van der Waals surface area contributed by atoms with E-state index in [-0.39, 0.29) is 19.1 Å². The van der Waals surface area contributed by atoms with E-state index in [2.05, 4.69) is 20.4 Å². The van der Waals surface area contributed by atoms with Gasteiger partial charge in [0.2, 0.25) is 18.6 Å². The molecule has 0 atom stereocenters. The molecule has 0 saturated heterocycles. The summed E-state index contributed by atoms with van der Waals surface area (Å²) in [6.45, 7) is 2.20. The van der Waals surface area contributed by atoms with Crippen LogP contribution < -0.4 is 14.8 Å². The number of nitrogens with one attached hydrogen (secondary N) is 1. The summed E-state index contributed by atoms with van der Waals surface area (Å²) >= 11 is 1.39. The van der Waals surface area contributed by atoms with E-state index in [9.17, 15) is 4.79 Å². The number of ether oxygens (including phenoxy) is 2. The Labute approximate surface area is 181 Å². The van der Waals surface area contributed by atoms with Crippen molar-refractivity contribution in [2.24, 2.45) is 0 Å². The van der Waals surface area contributed by atoms with Crippen LogP contribution in [0.3, 0.4) is 0 Å². The van der Waals surface area contributed by atoms with E-state index < -0.39 is 0 Å². The lowest BCUT2D eigenvalue weighted by Gasteiger charge is -2.05. The van der Waals surface area contributed by atoms with Gasteiger partial charge < -0.3 is 23.7 Å². The minimum absolute atomic E-state index is 0.158. The molecule has 2 aromatic heterocycles. The van der Waals surface area contributed by atoms with Gasteiger partial charge in [-0.05, 0) is 36.8 Å². The number of fused-ring (bicyclic) bond motifs is 2. The van der Waals surface area contributed by atoms with Crippen molar-refractivity contribution in [1.82, 2.24) is 15.1 Å². The second kappa shape index (κ2) is 8.31. The number of anilines is 1. The Morgan fingerprint density at radius 1 is 1.13 bits per heavy atom. The lowest BCUT2D eigenvalue weighted by Crippen LogP contribution is -2.12. The van der Waals surface area contributed by atoms with E-state index in [1.807, 2.05) is 25.1 Å². The molecule has 31 heavy (non-hydrogen) atoms. The summed E-state index contributed by atoms with van der Waals surface area (Å²) in [7, 11) is 0. The molecule has 158 valence electrons. The van der Waals surface area contributed by atoms with Crippen molar-refractivity contribution < 1.29 is 23.2 Å². The lowest BCUT2D eigenvalue weighted by molar-refractivity contribution is -0.116. The highest BCUT2D eigenvalue weighted by Gasteiger charge is 2.15. The third kappa shape index (κ3) is 4.48. The van der Waals surface area contributed by atoms with E-state index in [1.54, 1.807) is 18.2 Å². The fourth-order valence-electron chi connectivity index (χ4n) is 3.07. The number of oxazole rings is 1.